The van der Waals surface area contributed by atoms with Crippen molar-refractivity contribution < 1.29 is 13.2 Å². The van der Waals surface area contributed by atoms with Gasteiger partial charge in [-0.3, -0.25) is 0 Å². The second-order valence-electron chi connectivity index (χ2n) is 11.0. The van der Waals surface area contributed by atoms with Gasteiger partial charge < -0.3 is 9.88 Å². The molecule has 1 aliphatic heterocycles. The molecule has 1 aliphatic carbocycles. The van der Waals surface area contributed by atoms with E-state index in [2.05, 4.69) is 32.1 Å². The molecule has 6 nitrogen and oxygen atoms in total. The molecule has 1 aromatic carbocycles. The Morgan fingerprint density at radius 2 is 1.86 bits per heavy atom. The smallest absolute Gasteiger partial charge is 0.346 e. The normalized spacial score (nSPS) is 23.2. The number of nitrogens with zero attached hydrogens (tertiary/aromatic N) is 5. The molecule has 4 aromatic rings. The standard InChI is InChI=1S/C27H30ClF3N6/c1-26(19-6-7-22(28)21(14-19)27(29,30)31)9-12-36(13-10-26)15-17-2-4-18(5-3-17)23-24-20-8-11-32-25(20)33-16-37(24)35-34-23/h6-8,11,14,16-18,32H,2-5,9-10,12-13,15H2,1H3. The van der Waals surface area contributed by atoms with Crippen LogP contribution in [0.4, 0.5) is 13.2 Å². The molecule has 6 rings (SSSR count). The van der Waals surface area contributed by atoms with E-state index in [0.717, 1.165) is 86.0 Å². The number of fused-ring (bicyclic) bond motifs is 3. The average Bonchev–Trinajstić information content (AvgIpc) is 3.52. The molecule has 0 unspecified atom stereocenters. The van der Waals surface area contributed by atoms with Crippen molar-refractivity contribution in [3.63, 3.8) is 0 Å². The maximum Gasteiger partial charge on any atom is 0.417 e. The number of hydrogen-bond acceptors (Lipinski definition) is 4. The van der Waals surface area contributed by atoms with Gasteiger partial charge >= 0.3 is 6.18 Å². The third-order valence-corrected chi connectivity index (χ3v) is 9.00. The molecule has 2 fully saturated rings. The van der Waals surface area contributed by atoms with Crippen molar-refractivity contribution in [3.8, 4) is 0 Å². The van der Waals surface area contributed by atoms with Crippen molar-refractivity contribution in [1.29, 1.82) is 0 Å². The van der Waals surface area contributed by atoms with Crippen LogP contribution < -0.4 is 0 Å². The largest absolute Gasteiger partial charge is 0.417 e. The minimum Gasteiger partial charge on any atom is -0.346 e. The summed E-state index contributed by atoms with van der Waals surface area (Å²) in [4.78, 5) is 10.1. The zero-order chi connectivity index (χ0) is 25.8. The van der Waals surface area contributed by atoms with E-state index in [-0.39, 0.29) is 10.4 Å². The van der Waals surface area contributed by atoms with Gasteiger partial charge in [-0.05, 0) is 86.7 Å². The van der Waals surface area contributed by atoms with E-state index in [1.807, 2.05) is 12.3 Å². The zero-order valence-electron chi connectivity index (χ0n) is 20.7. The highest BCUT2D eigenvalue weighted by molar-refractivity contribution is 6.31. The summed E-state index contributed by atoms with van der Waals surface area (Å²) in [5, 5.41) is 9.67. The topological polar surface area (TPSA) is 62.1 Å². The van der Waals surface area contributed by atoms with Crippen LogP contribution in [0.25, 0.3) is 16.6 Å². The Morgan fingerprint density at radius 1 is 1.11 bits per heavy atom. The van der Waals surface area contributed by atoms with E-state index >= 15 is 0 Å². The monoisotopic (exact) mass is 530 g/mol. The van der Waals surface area contributed by atoms with Gasteiger partial charge in [0.1, 0.15) is 17.5 Å². The van der Waals surface area contributed by atoms with E-state index in [1.54, 1.807) is 16.9 Å². The zero-order valence-corrected chi connectivity index (χ0v) is 21.5. The Balaban J connectivity index is 1.07. The molecule has 196 valence electrons. The fourth-order valence-electron chi connectivity index (χ4n) is 6.31. The Kier molecular flexibility index (Phi) is 6.18. The number of aromatic amines is 1. The molecule has 37 heavy (non-hydrogen) atoms. The first-order valence-electron chi connectivity index (χ1n) is 13.0. The van der Waals surface area contributed by atoms with Crippen LogP contribution in [0.15, 0.2) is 36.8 Å². The molecular weight excluding hydrogens is 501 g/mol. The number of benzene rings is 1. The summed E-state index contributed by atoms with van der Waals surface area (Å²) in [7, 11) is 0. The maximum atomic E-state index is 13.4. The first kappa shape index (κ1) is 24.7. The van der Waals surface area contributed by atoms with Gasteiger partial charge in [-0.15, -0.1) is 5.10 Å². The Hall–Kier alpha value is -2.65. The molecule has 4 heterocycles. The minimum atomic E-state index is -4.44. The summed E-state index contributed by atoms with van der Waals surface area (Å²) in [6.45, 7) is 4.92. The molecule has 0 radical (unpaired) electrons. The molecule has 1 saturated heterocycles. The number of alkyl halides is 3. The van der Waals surface area contributed by atoms with Gasteiger partial charge in [0.25, 0.3) is 0 Å². The van der Waals surface area contributed by atoms with Crippen molar-refractivity contribution in [2.45, 2.75) is 63.0 Å². The third-order valence-electron chi connectivity index (χ3n) is 8.68. The number of aromatic nitrogens is 5. The van der Waals surface area contributed by atoms with Crippen LogP contribution >= 0.6 is 11.6 Å². The highest BCUT2D eigenvalue weighted by Crippen LogP contribution is 2.42. The molecule has 0 amide bonds. The third kappa shape index (κ3) is 4.61. The van der Waals surface area contributed by atoms with Gasteiger partial charge in [0.15, 0.2) is 0 Å². The predicted molar refractivity (Wildman–Crippen MR) is 137 cm³/mol. The Labute approximate surface area is 218 Å². The number of piperidine rings is 1. The summed E-state index contributed by atoms with van der Waals surface area (Å²) < 4.78 is 41.9. The van der Waals surface area contributed by atoms with Crippen LogP contribution in [0.5, 0.6) is 0 Å². The molecule has 0 bridgehead atoms. The summed E-state index contributed by atoms with van der Waals surface area (Å²) >= 11 is 5.85. The predicted octanol–water partition coefficient (Wildman–Crippen LogP) is 6.61. The second-order valence-corrected chi connectivity index (χ2v) is 11.4. The summed E-state index contributed by atoms with van der Waals surface area (Å²) in [5.74, 6) is 1.02. The Bertz CT molecular complexity index is 1410. The van der Waals surface area contributed by atoms with Gasteiger partial charge in [-0.2, -0.15) is 13.2 Å². The van der Waals surface area contributed by atoms with Crippen molar-refractivity contribution in [2.24, 2.45) is 5.92 Å². The minimum absolute atomic E-state index is 0.235. The van der Waals surface area contributed by atoms with E-state index in [1.165, 1.54) is 12.1 Å². The lowest BCUT2D eigenvalue weighted by Crippen LogP contribution is -2.43. The number of hydrogen-bond donors (Lipinski definition) is 1. The van der Waals surface area contributed by atoms with Crippen LogP contribution in [0.3, 0.4) is 0 Å². The van der Waals surface area contributed by atoms with Gasteiger partial charge in [0.2, 0.25) is 0 Å². The van der Waals surface area contributed by atoms with Crippen LogP contribution in [0, 0.1) is 5.92 Å². The van der Waals surface area contributed by atoms with Gasteiger partial charge in [0.05, 0.1) is 16.3 Å². The molecule has 3 aromatic heterocycles. The number of H-pyrrole nitrogens is 1. The van der Waals surface area contributed by atoms with Crippen LogP contribution in [0.1, 0.15) is 68.2 Å². The molecule has 1 N–H and O–H groups in total. The van der Waals surface area contributed by atoms with Crippen molar-refractivity contribution >= 4 is 28.2 Å². The first-order chi connectivity index (χ1) is 17.7. The maximum absolute atomic E-state index is 13.4. The summed E-state index contributed by atoms with van der Waals surface area (Å²) in [6, 6.07) is 6.45. The van der Waals surface area contributed by atoms with Crippen LogP contribution in [0.2, 0.25) is 5.02 Å². The quantitative estimate of drug-likeness (QED) is 0.323. The fraction of sp³-hybridized carbons (Fsp3) is 0.519. The lowest BCUT2D eigenvalue weighted by molar-refractivity contribution is -0.137. The van der Waals surface area contributed by atoms with Crippen LogP contribution in [-0.4, -0.2) is 49.3 Å². The van der Waals surface area contributed by atoms with Crippen molar-refractivity contribution in [2.75, 3.05) is 19.6 Å². The molecule has 2 aliphatic rings. The molecule has 10 heteroatoms. The average molecular weight is 531 g/mol. The van der Waals surface area contributed by atoms with Gasteiger partial charge in [-0.25, -0.2) is 9.50 Å². The number of halogens is 4. The van der Waals surface area contributed by atoms with E-state index in [0.29, 0.717) is 11.8 Å². The SMILES string of the molecule is CC1(c2ccc(Cl)c(C(F)(F)F)c2)CCN(CC2CCC(c3nnn4cnc5[nH]ccc5c34)CC2)CC1. The Morgan fingerprint density at radius 3 is 2.59 bits per heavy atom. The fourth-order valence-corrected chi connectivity index (χ4v) is 6.54. The van der Waals surface area contributed by atoms with Crippen molar-refractivity contribution in [1.82, 2.24) is 29.7 Å². The first-order valence-corrected chi connectivity index (χ1v) is 13.4. The number of nitrogens with one attached hydrogen (secondary N) is 1. The van der Waals surface area contributed by atoms with E-state index in [9.17, 15) is 13.2 Å². The molecule has 0 spiro atoms. The highest BCUT2D eigenvalue weighted by Gasteiger charge is 2.38. The number of rotatable bonds is 4. The number of likely N-dealkylation sites (tertiary alicyclic amines) is 1. The van der Waals surface area contributed by atoms with Crippen molar-refractivity contribution in [3.05, 3.63) is 58.6 Å². The summed E-state index contributed by atoms with van der Waals surface area (Å²) in [6.07, 6.45) is 5.32. The highest BCUT2D eigenvalue weighted by atomic mass is 35.5. The lowest BCUT2D eigenvalue weighted by Gasteiger charge is -2.42. The van der Waals surface area contributed by atoms with Gasteiger partial charge in [0, 0.05) is 24.0 Å². The second kappa shape index (κ2) is 9.27. The molecular formula is C27H30ClF3N6. The summed E-state index contributed by atoms with van der Waals surface area (Å²) in [5.41, 5.74) is 2.71. The lowest BCUT2D eigenvalue weighted by atomic mass is 9.73. The van der Waals surface area contributed by atoms with Crippen LogP contribution in [-0.2, 0) is 11.6 Å². The molecule has 1 saturated carbocycles. The molecule has 0 atom stereocenters. The van der Waals surface area contributed by atoms with E-state index < -0.39 is 11.7 Å². The van der Waals surface area contributed by atoms with Gasteiger partial charge in [-0.1, -0.05) is 29.8 Å². The van der Waals surface area contributed by atoms with E-state index in [4.69, 9.17) is 11.6 Å².